The van der Waals surface area contributed by atoms with Crippen molar-refractivity contribution in [2.24, 2.45) is 5.73 Å². The summed E-state index contributed by atoms with van der Waals surface area (Å²) in [5.74, 6) is 0. The molecule has 2 rings (SSSR count). The second-order valence-electron chi connectivity index (χ2n) is 4.46. The molecule has 0 aliphatic rings. The highest BCUT2D eigenvalue weighted by atomic mass is 35.5. The largest absolute Gasteiger partial charge is 0.324 e. The summed E-state index contributed by atoms with van der Waals surface area (Å²) in [5.41, 5.74) is 9.83. The number of rotatable bonds is 5. The van der Waals surface area contributed by atoms with Gasteiger partial charge in [-0.3, -0.25) is 0 Å². The monoisotopic (exact) mass is 273 g/mol. The molecule has 0 saturated heterocycles. The van der Waals surface area contributed by atoms with Crippen molar-refractivity contribution in [3.8, 4) is 11.1 Å². The lowest BCUT2D eigenvalue weighted by Gasteiger charge is -2.12. The van der Waals surface area contributed by atoms with Crippen LogP contribution in [0.3, 0.4) is 0 Å². The third-order valence-electron chi connectivity index (χ3n) is 3.10. The van der Waals surface area contributed by atoms with Gasteiger partial charge in [0.15, 0.2) is 0 Å². The Morgan fingerprint density at radius 3 is 2.37 bits per heavy atom. The minimum Gasteiger partial charge on any atom is -0.324 e. The number of hydrogen-bond acceptors (Lipinski definition) is 1. The first-order chi connectivity index (χ1) is 8.81. The molecule has 2 heteroatoms. The highest BCUT2D eigenvalue weighted by Gasteiger charge is 2.06. The summed E-state index contributed by atoms with van der Waals surface area (Å²) in [6.45, 7) is 3.74. The van der Waals surface area contributed by atoms with Crippen LogP contribution < -0.4 is 5.73 Å². The minimum atomic E-state index is 0. The predicted octanol–water partition coefficient (Wildman–Crippen LogP) is 4.74. The lowest BCUT2D eigenvalue weighted by atomic mass is 9.97. The Hall–Kier alpha value is -1.57. The zero-order valence-electron chi connectivity index (χ0n) is 11.0. The second-order valence-corrected chi connectivity index (χ2v) is 4.46. The van der Waals surface area contributed by atoms with Crippen LogP contribution in [0.25, 0.3) is 11.1 Å². The Kier molecular flexibility index (Phi) is 6.34. The van der Waals surface area contributed by atoms with Crippen LogP contribution in [-0.2, 0) is 0 Å². The minimum absolute atomic E-state index is 0. The van der Waals surface area contributed by atoms with Crippen molar-refractivity contribution in [2.75, 3.05) is 0 Å². The summed E-state index contributed by atoms with van der Waals surface area (Å²) in [4.78, 5) is 0. The maximum absolute atomic E-state index is 6.18. The molecule has 2 aromatic carbocycles. The molecular weight excluding hydrogens is 254 g/mol. The van der Waals surface area contributed by atoms with E-state index in [4.69, 9.17) is 5.73 Å². The summed E-state index contributed by atoms with van der Waals surface area (Å²) >= 11 is 0. The van der Waals surface area contributed by atoms with Crippen LogP contribution in [0.4, 0.5) is 0 Å². The molecule has 1 atom stereocenters. The van der Waals surface area contributed by atoms with Crippen LogP contribution >= 0.6 is 12.4 Å². The van der Waals surface area contributed by atoms with E-state index in [0.717, 1.165) is 12.8 Å². The average Bonchev–Trinajstić information content (AvgIpc) is 2.46. The van der Waals surface area contributed by atoms with Crippen LogP contribution in [0.1, 0.15) is 24.4 Å². The van der Waals surface area contributed by atoms with Gasteiger partial charge in [0.05, 0.1) is 0 Å². The Labute approximate surface area is 121 Å². The second kappa shape index (κ2) is 7.78. The van der Waals surface area contributed by atoms with Gasteiger partial charge >= 0.3 is 0 Å². The van der Waals surface area contributed by atoms with Crippen LogP contribution in [0.2, 0.25) is 0 Å². The van der Waals surface area contributed by atoms with Crippen molar-refractivity contribution < 1.29 is 0 Å². The van der Waals surface area contributed by atoms with E-state index in [1.54, 1.807) is 0 Å². The molecule has 0 saturated carbocycles. The van der Waals surface area contributed by atoms with Gasteiger partial charge < -0.3 is 5.73 Å². The van der Waals surface area contributed by atoms with Crippen molar-refractivity contribution in [1.29, 1.82) is 0 Å². The summed E-state index contributed by atoms with van der Waals surface area (Å²) in [6.07, 6.45) is 3.82. The van der Waals surface area contributed by atoms with E-state index < -0.39 is 0 Å². The Balaban J connectivity index is 0.00000180. The highest BCUT2D eigenvalue weighted by Crippen LogP contribution is 2.24. The number of allylic oxidation sites excluding steroid dienone is 1. The molecule has 0 unspecified atom stereocenters. The zero-order valence-corrected chi connectivity index (χ0v) is 11.8. The molecule has 100 valence electrons. The van der Waals surface area contributed by atoms with E-state index >= 15 is 0 Å². The third kappa shape index (κ3) is 4.23. The third-order valence-corrected chi connectivity index (χ3v) is 3.10. The van der Waals surface area contributed by atoms with E-state index in [2.05, 4.69) is 55.1 Å². The van der Waals surface area contributed by atoms with Gasteiger partial charge in [0.25, 0.3) is 0 Å². The van der Waals surface area contributed by atoms with Gasteiger partial charge in [-0.05, 0) is 35.6 Å². The molecule has 2 N–H and O–H groups in total. The number of benzene rings is 2. The van der Waals surface area contributed by atoms with Gasteiger partial charge in [0.2, 0.25) is 0 Å². The molecule has 0 fully saturated rings. The molecule has 0 aliphatic heterocycles. The first-order valence-corrected chi connectivity index (χ1v) is 6.33. The van der Waals surface area contributed by atoms with Gasteiger partial charge in [-0.25, -0.2) is 0 Å². The van der Waals surface area contributed by atoms with Gasteiger partial charge in [0, 0.05) is 6.04 Å². The van der Waals surface area contributed by atoms with E-state index in [1.165, 1.54) is 16.7 Å². The fourth-order valence-corrected chi connectivity index (χ4v) is 2.04. The van der Waals surface area contributed by atoms with Crippen LogP contribution in [-0.4, -0.2) is 0 Å². The van der Waals surface area contributed by atoms with Gasteiger partial charge in [-0.1, -0.05) is 54.6 Å². The molecule has 2 aromatic rings. The van der Waals surface area contributed by atoms with Crippen LogP contribution in [0.15, 0.2) is 67.3 Å². The molecular formula is C17H20ClN. The highest BCUT2D eigenvalue weighted by molar-refractivity contribution is 5.85. The van der Waals surface area contributed by atoms with Crippen molar-refractivity contribution in [2.45, 2.75) is 18.9 Å². The van der Waals surface area contributed by atoms with Crippen LogP contribution in [0, 0.1) is 0 Å². The molecule has 0 aromatic heterocycles. The molecule has 1 nitrogen and oxygen atoms in total. The van der Waals surface area contributed by atoms with Crippen LogP contribution in [0.5, 0.6) is 0 Å². The topological polar surface area (TPSA) is 26.0 Å². The summed E-state index contributed by atoms with van der Waals surface area (Å²) in [6, 6.07) is 18.9. The first kappa shape index (κ1) is 15.5. The maximum atomic E-state index is 6.18. The van der Waals surface area contributed by atoms with E-state index in [-0.39, 0.29) is 18.4 Å². The van der Waals surface area contributed by atoms with Crippen molar-refractivity contribution in [3.05, 3.63) is 72.8 Å². The smallest absolute Gasteiger partial charge is 0.0298 e. The van der Waals surface area contributed by atoms with Crippen molar-refractivity contribution >= 4 is 12.4 Å². The molecule has 0 radical (unpaired) electrons. The molecule has 0 amide bonds. The Bertz CT molecular complexity index is 508. The van der Waals surface area contributed by atoms with Crippen molar-refractivity contribution in [3.63, 3.8) is 0 Å². The number of halogens is 1. The van der Waals surface area contributed by atoms with Crippen molar-refractivity contribution in [1.82, 2.24) is 0 Å². The molecule has 0 heterocycles. The van der Waals surface area contributed by atoms with E-state index in [1.807, 2.05) is 12.1 Å². The normalized spacial score (nSPS) is 11.4. The van der Waals surface area contributed by atoms with Gasteiger partial charge in [-0.2, -0.15) is 0 Å². The Morgan fingerprint density at radius 1 is 1.00 bits per heavy atom. The fraction of sp³-hybridized carbons (Fsp3) is 0.176. The molecule has 0 aliphatic carbocycles. The Morgan fingerprint density at radius 2 is 1.68 bits per heavy atom. The zero-order chi connectivity index (χ0) is 12.8. The summed E-state index contributed by atoms with van der Waals surface area (Å²) < 4.78 is 0. The number of nitrogens with two attached hydrogens (primary N) is 1. The molecule has 0 bridgehead atoms. The SMILES string of the molecule is C=CCC[C@@H](N)c1cccc(-c2ccccc2)c1.Cl. The quantitative estimate of drug-likeness (QED) is 0.782. The summed E-state index contributed by atoms with van der Waals surface area (Å²) in [5, 5.41) is 0. The predicted molar refractivity (Wildman–Crippen MR) is 85.5 cm³/mol. The molecule has 19 heavy (non-hydrogen) atoms. The molecule has 0 spiro atoms. The fourth-order valence-electron chi connectivity index (χ4n) is 2.04. The van der Waals surface area contributed by atoms with Gasteiger partial charge in [0.1, 0.15) is 0 Å². The van der Waals surface area contributed by atoms with Gasteiger partial charge in [-0.15, -0.1) is 19.0 Å². The summed E-state index contributed by atoms with van der Waals surface area (Å²) in [7, 11) is 0. The van der Waals surface area contributed by atoms with E-state index in [0.29, 0.717) is 0 Å². The lowest BCUT2D eigenvalue weighted by Crippen LogP contribution is -2.09. The maximum Gasteiger partial charge on any atom is 0.0298 e. The standard InChI is InChI=1S/C17H19N.ClH/c1-2-3-12-17(18)16-11-7-10-15(13-16)14-8-5-4-6-9-14;/h2,4-11,13,17H,1,3,12,18H2;1H/t17-;/m1./s1. The number of hydrogen-bond donors (Lipinski definition) is 1. The first-order valence-electron chi connectivity index (χ1n) is 6.33. The lowest BCUT2D eigenvalue weighted by molar-refractivity contribution is 0.662. The van der Waals surface area contributed by atoms with E-state index in [9.17, 15) is 0 Å². The average molecular weight is 274 g/mol.